The summed E-state index contributed by atoms with van der Waals surface area (Å²) in [6.07, 6.45) is -5.08. The Bertz CT molecular complexity index is 1670. The van der Waals surface area contributed by atoms with Crippen LogP contribution in [0.15, 0.2) is 36.0 Å². The van der Waals surface area contributed by atoms with Gasteiger partial charge in [-0.2, -0.15) is 0 Å². The average Bonchev–Trinajstić information content (AvgIpc) is 3.43. The monoisotopic (exact) mass is 718 g/mol. The number of nitrogens with one attached hydrogen (secondary N) is 2. The predicted octanol–water partition coefficient (Wildman–Crippen LogP) is -1.14. The number of aromatic nitrogens is 4. The molecule has 0 radical (unpaired) electrons. The summed E-state index contributed by atoms with van der Waals surface area (Å²) in [7, 11) is -8.11. The zero-order valence-corrected chi connectivity index (χ0v) is 25.8. The van der Waals surface area contributed by atoms with Crippen LogP contribution in [0.2, 0.25) is 0 Å². The fraction of sp³-hybridized carbons (Fsp3) is 0.619. The second-order valence-electron chi connectivity index (χ2n) is 9.90. The molecule has 2 aliphatic heterocycles. The molecule has 19 nitrogen and oxygen atoms in total. The molecule has 0 bridgehead atoms. The Kier molecular flexibility index (Phi) is 10.3. The van der Waals surface area contributed by atoms with Gasteiger partial charge in [0.05, 0.1) is 36.1 Å². The van der Waals surface area contributed by atoms with Crippen LogP contribution in [0.1, 0.15) is 31.4 Å². The van der Waals surface area contributed by atoms with Gasteiger partial charge in [-0.3, -0.25) is 37.8 Å². The van der Waals surface area contributed by atoms with E-state index in [9.17, 15) is 38.3 Å². The number of H-pyrrole nitrogens is 2. The molecule has 6 N–H and O–H groups in total. The normalized spacial score (nSPS) is 29.1. The second kappa shape index (κ2) is 13.1. The molecule has 22 heteroatoms. The summed E-state index contributed by atoms with van der Waals surface area (Å²) < 4.78 is 52.4. The minimum Gasteiger partial charge on any atom is -0.390 e. The van der Waals surface area contributed by atoms with E-state index in [1.54, 1.807) is 6.92 Å². The van der Waals surface area contributed by atoms with Gasteiger partial charge < -0.3 is 38.5 Å². The summed E-state index contributed by atoms with van der Waals surface area (Å²) in [5.74, 6) is -0.603. The molecule has 2 aromatic rings. The molecule has 2 saturated heterocycles. The molecule has 4 heterocycles. The number of methoxy groups -OCH3 is 1. The smallest absolute Gasteiger partial charge is 0.390 e. The molecule has 2 aromatic heterocycles. The van der Waals surface area contributed by atoms with E-state index in [4.69, 9.17) is 28.5 Å². The van der Waals surface area contributed by atoms with Crippen molar-refractivity contribution in [2.75, 3.05) is 20.3 Å². The van der Waals surface area contributed by atoms with Crippen LogP contribution in [0.25, 0.3) is 0 Å². The van der Waals surface area contributed by atoms with Crippen LogP contribution in [0.3, 0.4) is 0 Å². The number of nitrogens with zero attached hydrogens (tertiary/aromatic N) is 2. The van der Waals surface area contributed by atoms with Crippen LogP contribution >= 0.6 is 31.3 Å². The van der Waals surface area contributed by atoms with Crippen molar-refractivity contribution in [3.05, 3.63) is 64.1 Å². The molecule has 8 unspecified atom stereocenters. The summed E-state index contributed by atoms with van der Waals surface area (Å²) in [6.45, 7) is 0.438. The predicted molar refractivity (Wildman–Crippen MR) is 146 cm³/mol. The third-order valence-corrected chi connectivity index (χ3v) is 9.24. The zero-order valence-electron chi connectivity index (χ0n) is 22.5. The molecule has 0 spiro atoms. The van der Waals surface area contributed by atoms with Gasteiger partial charge in [-0.1, -0.05) is 6.92 Å². The number of aromatic amines is 2. The van der Waals surface area contributed by atoms with Crippen molar-refractivity contribution in [3.63, 3.8) is 0 Å². The Morgan fingerprint density at radius 2 is 1.60 bits per heavy atom. The van der Waals surface area contributed by atoms with Gasteiger partial charge in [0, 0.05) is 37.4 Å². The first-order chi connectivity index (χ1) is 20.0. The van der Waals surface area contributed by atoms with Crippen molar-refractivity contribution >= 4 is 31.3 Å². The second-order valence-corrected chi connectivity index (χ2v) is 13.8. The fourth-order valence-electron chi connectivity index (χ4n) is 4.86. The van der Waals surface area contributed by atoms with Crippen molar-refractivity contribution in [2.45, 2.75) is 56.4 Å². The number of hydrogen-bond donors (Lipinski definition) is 6. The van der Waals surface area contributed by atoms with Crippen molar-refractivity contribution in [1.29, 1.82) is 0 Å². The first-order valence-electron chi connectivity index (χ1n) is 12.5. The number of hydrogen-bond acceptors (Lipinski definition) is 12. The number of aliphatic hydroxyl groups is 1. The van der Waals surface area contributed by atoms with E-state index in [0.717, 1.165) is 15.3 Å². The Hall–Kier alpha value is -2.06. The quantitative estimate of drug-likeness (QED) is 0.150. The third-order valence-electron chi connectivity index (χ3n) is 6.89. The Labute approximate surface area is 249 Å². The third kappa shape index (κ3) is 7.97. The molecule has 4 rings (SSSR count). The molecular weight excluding hydrogens is 690 g/mol. The minimum atomic E-state index is -4.84. The van der Waals surface area contributed by atoms with E-state index in [1.165, 1.54) is 13.3 Å². The zero-order chi connectivity index (χ0) is 31.9. The fourth-order valence-corrected chi connectivity index (χ4v) is 6.65. The van der Waals surface area contributed by atoms with Gasteiger partial charge in [-0.15, -0.1) is 0 Å². The van der Waals surface area contributed by atoms with Gasteiger partial charge in [-0.05, 0) is 15.9 Å². The standard InChI is InChI=1S/C21H29BrN4O15P2/c1-9-16(37-2)14(7-39-43(34,35)36)41-19(9)26-4-10(17(28)23-21(26)31)8-42(32,33)38-6-13-12(27)3-15(40-13)25-5-11(22)18(29)24-20(25)30/h4-5,9,12-16,19,27H,3,6-8H2,1-2H3,(H,32,33)(H,23,28,31)(H,24,29,30)(H2,34,35,36). The minimum absolute atomic E-state index is 0.0384. The van der Waals surface area contributed by atoms with E-state index < -0.39 is 100 Å². The highest BCUT2D eigenvalue weighted by Gasteiger charge is 2.45. The van der Waals surface area contributed by atoms with E-state index >= 15 is 0 Å². The Morgan fingerprint density at radius 1 is 0.977 bits per heavy atom. The van der Waals surface area contributed by atoms with Crippen molar-refractivity contribution in [2.24, 2.45) is 5.92 Å². The summed E-state index contributed by atoms with van der Waals surface area (Å²) in [6, 6.07) is 0. The topological polar surface area (TPSA) is 271 Å². The molecule has 2 fully saturated rings. The van der Waals surface area contributed by atoms with E-state index in [-0.39, 0.29) is 16.5 Å². The number of phosphoric acid groups is 1. The van der Waals surface area contributed by atoms with E-state index in [2.05, 4.69) is 25.4 Å². The molecule has 8 atom stereocenters. The van der Waals surface area contributed by atoms with Gasteiger partial charge in [0.15, 0.2) is 0 Å². The van der Waals surface area contributed by atoms with Crippen LogP contribution in [0, 0.1) is 5.92 Å². The van der Waals surface area contributed by atoms with Crippen LogP contribution in [-0.2, 0) is 38.6 Å². The van der Waals surface area contributed by atoms with Gasteiger partial charge in [-0.25, -0.2) is 14.2 Å². The van der Waals surface area contributed by atoms with E-state index in [1.807, 2.05) is 4.98 Å². The summed E-state index contributed by atoms with van der Waals surface area (Å²) in [5, 5.41) is 10.4. The van der Waals surface area contributed by atoms with Crippen LogP contribution in [0.4, 0.5) is 0 Å². The first kappa shape index (κ1) is 33.8. The highest BCUT2D eigenvalue weighted by molar-refractivity contribution is 9.10. The molecule has 43 heavy (non-hydrogen) atoms. The number of ether oxygens (including phenoxy) is 3. The lowest BCUT2D eigenvalue weighted by atomic mass is 10.0. The lowest BCUT2D eigenvalue weighted by Crippen LogP contribution is -2.36. The van der Waals surface area contributed by atoms with Crippen LogP contribution in [0.5, 0.6) is 0 Å². The maximum absolute atomic E-state index is 12.9. The van der Waals surface area contributed by atoms with Gasteiger partial charge >= 0.3 is 26.8 Å². The number of aliphatic hydroxyl groups excluding tert-OH is 1. The molecule has 0 amide bonds. The highest BCUT2D eigenvalue weighted by atomic mass is 79.9. The molecule has 240 valence electrons. The van der Waals surface area contributed by atoms with Crippen molar-refractivity contribution in [3.8, 4) is 0 Å². The lowest BCUT2D eigenvalue weighted by molar-refractivity contribution is -0.0531. The average molecular weight is 719 g/mol. The molecule has 0 saturated carbocycles. The maximum Gasteiger partial charge on any atom is 0.469 e. The maximum atomic E-state index is 12.9. The van der Waals surface area contributed by atoms with Crippen LogP contribution in [-0.4, -0.2) is 83.6 Å². The molecule has 2 aliphatic rings. The van der Waals surface area contributed by atoms with E-state index in [0.29, 0.717) is 0 Å². The highest BCUT2D eigenvalue weighted by Crippen LogP contribution is 2.46. The number of phosphoric ester groups is 1. The summed E-state index contributed by atoms with van der Waals surface area (Å²) in [5.41, 5.74) is -3.70. The molecular formula is C21H29BrN4O15P2. The number of rotatable bonds is 11. The SMILES string of the molecule is COC1C(COP(=O)(O)O)OC(n2cc(CP(=O)(O)OCC3OC(n4cc(Br)c(=O)[nH]c4=O)CC3O)c(=O)[nH]c2=O)C1C. The van der Waals surface area contributed by atoms with Crippen molar-refractivity contribution < 1.29 is 52.2 Å². The molecule has 0 aliphatic carbocycles. The van der Waals surface area contributed by atoms with Gasteiger partial charge in [0.25, 0.3) is 11.1 Å². The summed E-state index contributed by atoms with van der Waals surface area (Å²) in [4.78, 5) is 81.5. The largest absolute Gasteiger partial charge is 0.469 e. The number of halogens is 1. The molecule has 0 aromatic carbocycles. The van der Waals surface area contributed by atoms with Gasteiger partial charge in [0.1, 0.15) is 24.7 Å². The first-order valence-corrected chi connectivity index (χ1v) is 16.6. The Morgan fingerprint density at radius 3 is 2.26 bits per heavy atom. The van der Waals surface area contributed by atoms with Gasteiger partial charge in [0.2, 0.25) is 0 Å². The van der Waals surface area contributed by atoms with Crippen molar-refractivity contribution in [1.82, 2.24) is 19.1 Å². The Balaban J connectivity index is 1.46. The van der Waals surface area contributed by atoms with Crippen LogP contribution < -0.4 is 22.5 Å². The summed E-state index contributed by atoms with van der Waals surface area (Å²) >= 11 is 3.00. The lowest BCUT2D eigenvalue weighted by Gasteiger charge is -2.21.